The maximum absolute atomic E-state index is 12.0. The lowest BCUT2D eigenvalue weighted by molar-refractivity contribution is -0.147. The van der Waals surface area contributed by atoms with Gasteiger partial charge in [0, 0.05) is 7.05 Å². The minimum atomic E-state index is -1.25. The molecule has 16 heavy (non-hydrogen) atoms. The van der Waals surface area contributed by atoms with Crippen LogP contribution in [0.15, 0.2) is 16.7 Å². The third-order valence-corrected chi connectivity index (χ3v) is 2.76. The van der Waals surface area contributed by atoms with Crippen molar-refractivity contribution in [3.8, 4) is 0 Å². The number of carboxylic acids is 1. The Morgan fingerprint density at radius 2 is 2.00 bits per heavy atom. The minimum Gasteiger partial charge on any atom is -0.480 e. The third kappa shape index (κ3) is 1.93. The Kier molecular flexibility index (Phi) is 3.07. The van der Waals surface area contributed by atoms with Crippen LogP contribution in [-0.4, -0.2) is 34.5 Å². The fourth-order valence-corrected chi connectivity index (χ4v) is 1.18. The molecule has 0 unspecified atom stereocenters. The number of carbonyl (C=O) groups is 2. The molecule has 0 spiro atoms. The fraction of sp³-hybridized carbons (Fsp3) is 0.455. The number of carboxylic acid groups (broad SMARTS) is 1. The molecule has 0 saturated heterocycles. The van der Waals surface area contributed by atoms with Crippen LogP contribution in [0.1, 0.15) is 30.0 Å². The van der Waals surface area contributed by atoms with Crippen molar-refractivity contribution in [3.63, 3.8) is 0 Å². The van der Waals surface area contributed by atoms with Crippen LogP contribution >= 0.6 is 0 Å². The molecule has 0 aliphatic rings. The van der Waals surface area contributed by atoms with E-state index in [0.717, 1.165) is 0 Å². The van der Waals surface area contributed by atoms with Crippen LogP contribution in [0.5, 0.6) is 0 Å². The molecule has 88 valence electrons. The summed E-state index contributed by atoms with van der Waals surface area (Å²) in [6.07, 6.45) is 1.41. The van der Waals surface area contributed by atoms with Crippen LogP contribution in [0.4, 0.5) is 0 Å². The molecule has 1 aromatic heterocycles. The Morgan fingerprint density at radius 1 is 1.44 bits per heavy atom. The first-order chi connectivity index (χ1) is 7.28. The van der Waals surface area contributed by atoms with Gasteiger partial charge in [0.15, 0.2) is 0 Å². The summed E-state index contributed by atoms with van der Waals surface area (Å²) in [6, 6.07) is 1.53. The largest absolute Gasteiger partial charge is 0.480 e. The van der Waals surface area contributed by atoms with Crippen LogP contribution in [-0.2, 0) is 4.79 Å². The first-order valence-electron chi connectivity index (χ1n) is 4.84. The number of furan rings is 1. The summed E-state index contributed by atoms with van der Waals surface area (Å²) in [7, 11) is 1.46. The Bertz CT molecular complexity index is 419. The van der Waals surface area contributed by atoms with Gasteiger partial charge in [0.25, 0.3) is 5.91 Å². The van der Waals surface area contributed by atoms with E-state index in [1.54, 1.807) is 6.92 Å². The summed E-state index contributed by atoms with van der Waals surface area (Å²) in [5, 5.41) is 9.01. The van der Waals surface area contributed by atoms with Gasteiger partial charge in [-0.25, -0.2) is 4.79 Å². The van der Waals surface area contributed by atoms with E-state index in [4.69, 9.17) is 9.52 Å². The second-order valence-electron chi connectivity index (χ2n) is 4.12. The van der Waals surface area contributed by atoms with Crippen LogP contribution in [0.25, 0.3) is 0 Å². The van der Waals surface area contributed by atoms with Gasteiger partial charge in [-0.2, -0.15) is 0 Å². The van der Waals surface area contributed by atoms with Gasteiger partial charge in [0.2, 0.25) is 0 Å². The average molecular weight is 225 g/mol. The minimum absolute atomic E-state index is 0.362. The van der Waals surface area contributed by atoms with Crippen molar-refractivity contribution in [1.29, 1.82) is 0 Å². The predicted octanol–water partition coefficient (Wildman–Crippen LogP) is 1.52. The molecule has 5 heteroatoms. The quantitative estimate of drug-likeness (QED) is 0.846. The topological polar surface area (TPSA) is 70.8 Å². The van der Waals surface area contributed by atoms with Crippen LogP contribution in [0, 0.1) is 6.92 Å². The first kappa shape index (κ1) is 12.3. The Morgan fingerprint density at radius 3 is 2.38 bits per heavy atom. The van der Waals surface area contributed by atoms with Gasteiger partial charge in [-0.05, 0) is 26.8 Å². The lowest BCUT2D eigenvalue weighted by atomic mass is 10.0. The molecule has 0 atom stereocenters. The Labute approximate surface area is 93.7 Å². The number of hydrogen-bond acceptors (Lipinski definition) is 3. The van der Waals surface area contributed by atoms with Gasteiger partial charge in [-0.1, -0.05) is 0 Å². The fourth-order valence-electron chi connectivity index (χ4n) is 1.18. The molecule has 1 rings (SSSR count). The summed E-state index contributed by atoms with van der Waals surface area (Å²) >= 11 is 0. The monoisotopic (exact) mass is 225 g/mol. The van der Waals surface area contributed by atoms with Gasteiger partial charge in [-0.3, -0.25) is 4.79 Å². The number of nitrogens with zero attached hydrogens (tertiary/aromatic N) is 1. The van der Waals surface area contributed by atoms with E-state index in [2.05, 4.69) is 0 Å². The summed E-state index contributed by atoms with van der Waals surface area (Å²) in [4.78, 5) is 24.2. The van der Waals surface area contributed by atoms with E-state index in [0.29, 0.717) is 11.3 Å². The predicted molar refractivity (Wildman–Crippen MR) is 57.3 cm³/mol. The van der Waals surface area contributed by atoms with Crippen LogP contribution in [0.2, 0.25) is 0 Å². The molecule has 0 fully saturated rings. The highest BCUT2D eigenvalue weighted by Gasteiger charge is 2.36. The number of aliphatic carboxylic acids is 1. The Hall–Kier alpha value is -1.78. The van der Waals surface area contributed by atoms with E-state index in [1.165, 1.54) is 38.1 Å². The number of rotatable bonds is 3. The second-order valence-corrected chi connectivity index (χ2v) is 4.12. The molecule has 0 aliphatic heterocycles. The van der Waals surface area contributed by atoms with Gasteiger partial charge < -0.3 is 14.4 Å². The number of likely N-dealkylation sites (N-methyl/N-ethyl adjacent to an activating group) is 1. The lowest BCUT2D eigenvalue weighted by Crippen LogP contribution is -2.50. The molecule has 1 N–H and O–H groups in total. The maximum Gasteiger partial charge on any atom is 0.329 e. The second kappa shape index (κ2) is 4.00. The number of aryl methyl sites for hydroxylation is 1. The van der Waals surface area contributed by atoms with Crippen molar-refractivity contribution in [2.24, 2.45) is 0 Å². The van der Waals surface area contributed by atoms with Gasteiger partial charge in [-0.15, -0.1) is 0 Å². The number of amides is 1. The SMILES string of the molecule is Cc1occc1C(=O)N(C)C(C)(C)C(=O)O. The highest BCUT2D eigenvalue weighted by molar-refractivity contribution is 5.98. The van der Waals surface area contributed by atoms with E-state index in [-0.39, 0.29) is 5.91 Å². The zero-order chi connectivity index (χ0) is 12.5. The number of carbonyl (C=O) groups excluding carboxylic acids is 1. The van der Waals surface area contributed by atoms with Gasteiger partial charge in [0.05, 0.1) is 11.8 Å². The molecule has 1 amide bonds. The molecule has 0 aliphatic carbocycles. The maximum atomic E-state index is 12.0. The van der Waals surface area contributed by atoms with Gasteiger partial charge in [0.1, 0.15) is 11.3 Å². The molecule has 0 bridgehead atoms. The average Bonchev–Trinajstić information content (AvgIpc) is 2.61. The zero-order valence-electron chi connectivity index (χ0n) is 9.77. The van der Waals surface area contributed by atoms with Crippen LogP contribution in [0.3, 0.4) is 0 Å². The normalized spacial score (nSPS) is 11.2. The molecular formula is C11H15NO4. The van der Waals surface area contributed by atoms with Gasteiger partial charge >= 0.3 is 5.97 Å². The summed E-state index contributed by atoms with van der Waals surface area (Å²) < 4.78 is 5.01. The molecule has 1 aromatic rings. The molecule has 5 nitrogen and oxygen atoms in total. The van der Waals surface area contributed by atoms with E-state index in [1.807, 2.05) is 0 Å². The number of hydrogen-bond donors (Lipinski definition) is 1. The first-order valence-corrected chi connectivity index (χ1v) is 4.84. The molecule has 1 heterocycles. The standard InChI is InChI=1S/C11H15NO4/c1-7-8(5-6-16-7)9(13)12(4)11(2,3)10(14)15/h5-6H,1-4H3,(H,14,15). The molecule has 0 saturated carbocycles. The van der Waals surface area contributed by atoms with Crippen molar-refractivity contribution in [2.75, 3.05) is 7.05 Å². The van der Waals surface area contributed by atoms with Crippen molar-refractivity contribution in [1.82, 2.24) is 4.90 Å². The van der Waals surface area contributed by atoms with Crippen molar-refractivity contribution < 1.29 is 19.1 Å². The lowest BCUT2D eigenvalue weighted by Gasteiger charge is -2.31. The molecule has 0 radical (unpaired) electrons. The highest BCUT2D eigenvalue weighted by atomic mass is 16.4. The summed E-state index contributed by atoms with van der Waals surface area (Å²) in [6.45, 7) is 4.61. The molecule has 0 aromatic carbocycles. The van der Waals surface area contributed by atoms with Crippen molar-refractivity contribution in [2.45, 2.75) is 26.3 Å². The van der Waals surface area contributed by atoms with Crippen LogP contribution < -0.4 is 0 Å². The highest BCUT2D eigenvalue weighted by Crippen LogP contribution is 2.18. The smallest absolute Gasteiger partial charge is 0.329 e. The zero-order valence-corrected chi connectivity index (χ0v) is 9.77. The van der Waals surface area contributed by atoms with Crippen molar-refractivity contribution in [3.05, 3.63) is 23.7 Å². The Balaban J connectivity index is 3.00. The van der Waals surface area contributed by atoms with E-state index < -0.39 is 11.5 Å². The molecular weight excluding hydrogens is 210 g/mol. The van der Waals surface area contributed by atoms with E-state index in [9.17, 15) is 9.59 Å². The third-order valence-electron chi connectivity index (χ3n) is 2.76. The summed E-state index contributed by atoms with van der Waals surface area (Å²) in [5.74, 6) is -0.929. The van der Waals surface area contributed by atoms with E-state index >= 15 is 0 Å². The summed E-state index contributed by atoms with van der Waals surface area (Å²) in [5.41, 5.74) is -0.863. The van der Waals surface area contributed by atoms with Crippen molar-refractivity contribution >= 4 is 11.9 Å².